The molecular weight excluding hydrogens is 242 g/mol. The molecule has 1 unspecified atom stereocenters. The van der Waals surface area contributed by atoms with Gasteiger partial charge in [-0.25, -0.2) is 4.98 Å². The molecule has 4 heteroatoms. The summed E-state index contributed by atoms with van der Waals surface area (Å²) in [6.07, 6.45) is 5.22. The van der Waals surface area contributed by atoms with Crippen LogP contribution in [-0.2, 0) is 6.42 Å². The quantitative estimate of drug-likeness (QED) is 0.904. The van der Waals surface area contributed by atoms with Crippen molar-refractivity contribution in [1.29, 1.82) is 0 Å². The van der Waals surface area contributed by atoms with Gasteiger partial charge in [0.15, 0.2) is 0 Å². The molecule has 1 N–H and O–H groups in total. The van der Waals surface area contributed by atoms with E-state index in [-0.39, 0.29) is 0 Å². The van der Waals surface area contributed by atoms with Gasteiger partial charge in [-0.1, -0.05) is 0 Å². The van der Waals surface area contributed by atoms with Crippen LogP contribution in [0.5, 0.6) is 0 Å². The first-order valence-electron chi connectivity index (χ1n) is 7.11. The summed E-state index contributed by atoms with van der Waals surface area (Å²) < 4.78 is 0. The van der Waals surface area contributed by atoms with Crippen LogP contribution in [-0.4, -0.2) is 41.6 Å². The summed E-state index contributed by atoms with van der Waals surface area (Å²) in [6.45, 7) is 7.21. The molecule has 18 heavy (non-hydrogen) atoms. The molecule has 0 spiro atoms. The lowest BCUT2D eigenvalue weighted by atomic mass is 9.95. The molecule has 1 saturated carbocycles. The fourth-order valence-corrected chi connectivity index (χ4v) is 3.69. The minimum atomic E-state index is 0.360. The molecule has 1 aromatic heterocycles. The monoisotopic (exact) mass is 265 g/mol. The minimum Gasteiger partial charge on any atom is -0.310 e. The summed E-state index contributed by atoms with van der Waals surface area (Å²) in [5.74, 6) is 0.914. The molecule has 0 bridgehead atoms. The van der Waals surface area contributed by atoms with Gasteiger partial charge in [0.05, 0.1) is 11.2 Å². The van der Waals surface area contributed by atoms with E-state index in [1.165, 1.54) is 44.6 Å². The van der Waals surface area contributed by atoms with Crippen LogP contribution >= 0.6 is 11.3 Å². The number of aromatic nitrogens is 1. The van der Waals surface area contributed by atoms with Gasteiger partial charge in [0.25, 0.3) is 0 Å². The molecule has 0 radical (unpaired) electrons. The van der Waals surface area contributed by atoms with E-state index in [9.17, 15) is 0 Å². The second-order valence-corrected chi connectivity index (χ2v) is 6.70. The fourth-order valence-electron chi connectivity index (χ4n) is 3.09. The fraction of sp³-hybridized carbons (Fsp3) is 0.786. The number of thiazole rings is 1. The smallest absolute Gasteiger partial charge is 0.0794 e. The summed E-state index contributed by atoms with van der Waals surface area (Å²) in [6, 6.07) is 0. The molecule has 0 amide bonds. The lowest BCUT2D eigenvalue weighted by molar-refractivity contribution is 0.202. The highest BCUT2D eigenvalue weighted by molar-refractivity contribution is 7.07. The molecule has 1 atom stereocenters. The molecule has 1 saturated heterocycles. The highest BCUT2D eigenvalue weighted by atomic mass is 32.1. The standard InChI is InChI=1S/C14H23N3S/c1-14(12-3-4-12)10-17(7-2-6-16-14)8-5-13-9-18-11-15-13/h9,11-12,16H,2-8,10H2,1H3. The Balaban J connectivity index is 1.57. The van der Waals surface area contributed by atoms with Crippen LogP contribution in [0.25, 0.3) is 0 Å². The van der Waals surface area contributed by atoms with E-state index in [1.54, 1.807) is 11.3 Å². The molecule has 3 rings (SSSR count). The van der Waals surface area contributed by atoms with E-state index in [0.29, 0.717) is 5.54 Å². The maximum Gasteiger partial charge on any atom is 0.0794 e. The van der Waals surface area contributed by atoms with Crippen LogP contribution in [0.3, 0.4) is 0 Å². The molecule has 3 nitrogen and oxygen atoms in total. The maximum atomic E-state index is 4.38. The maximum absolute atomic E-state index is 4.38. The number of nitrogens with one attached hydrogen (secondary N) is 1. The summed E-state index contributed by atoms with van der Waals surface area (Å²) in [5.41, 5.74) is 3.55. The van der Waals surface area contributed by atoms with Crippen LogP contribution in [0.4, 0.5) is 0 Å². The first-order valence-corrected chi connectivity index (χ1v) is 8.05. The van der Waals surface area contributed by atoms with Gasteiger partial charge in [-0.2, -0.15) is 0 Å². The lowest BCUT2D eigenvalue weighted by Gasteiger charge is -2.33. The van der Waals surface area contributed by atoms with Crippen molar-refractivity contribution in [3.05, 3.63) is 16.6 Å². The molecular formula is C14H23N3S. The van der Waals surface area contributed by atoms with Crippen molar-refractivity contribution >= 4 is 11.3 Å². The van der Waals surface area contributed by atoms with E-state index < -0.39 is 0 Å². The Morgan fingerprint density at radius 1 is 1.56 bits per heavy atom. The van der Waals surface area contributed by atoms with Crippen molar-refractivity contribution in [2.45, 2.75) is 38.1 Å². The zero-order valence-electron chi connectivity index (χ0n) is 11.2. The second kappa shape index (κ2) is 5.27. The summed E-state index contributed by atoms with van der Waals surface area (Å²) in [7, 11) is 0. The Bertz CT molecular complexity index is 374. The molecule has 1 aliphatic carbocycles. The predicted molar refractivity (Wildman–Crippen MR) is 76.0 cm³/mol. The molecule has 2 aliphatic rings. The number of rotatable bonds is 4. The van der Waals surface area contributed by atoms with Gasteiger partial charge in [-0.15, -0.1) is 11.3 Å². The average molecular weight is 265 g/mol. The Morgan fingerprint density at radius 2 is 2.44 bits per heavy atom. The number of nitrogens with zero attached hydrogens (tertiary/aromatic N) is 2. The van der Waals surface area contributed by atoms with E-state index in [4.69, 9.17) is 0 Å². The predicted octanol–water partition coefficient (Wildman–Crippen LogP) is 2.15. The van der Waals surface area contributed by atoms with Crippen LogP contribution in [0.2, 0.25) is 0 Å². The van der Waals surface area contributed by atoms with Gasteiger partial charge in [0.2, 0.25) is 0 Å². The van der Waals surface area contributed by atoms with Crippen LogP contribution < -0.4 is 5.32 Å². The van der Waals surface area contributed by atoms with Crippen molar-refractivity contribution < 1.29 is 0 Å². The van der Waals surface area contributed by atoms with Gasteiger partial charge in [-0.05, 0) is 45.2 Å². The first-order chi connectivity index (χ1) is 8.76. The number of hydrogen-bond acceptors (Lipinski definition) is 4. The Hall–Kier alpha value is -0.450. The van der Waals surface area contributed by atoms with Gasteiger partial charge in [0, 0.05) is 30.4 Å². The van der Waals surface area contributed by atoms with Gasteiger partial charge < -0.3 is 10.2 Å². The summed E-state index contributed by atoms with van der Waals surface area (Å²) >= 11 is 1.70. The molecule has 1 aliphatic heterocycles. The SMILES string of the molecule is CC1(C2CC2)CN(CCc2cscn2)CCCN1. The molecule has 1 aromatic rings. The van der Waals surface area contributed by atoms with Gasteiger partial charge in [-0.3, -0.25) is 0 Å². The van der Waals surface area contributed by atoms with Gasteiger partial charge in [0.1, 0.15) is 0 Å². The third-order valence-electron chi connectivity index (χ3n) is 4.38. The van der Waals surface area contributed by atoms with E-state index in [1.807, 2.05) is 5.51 Å². The second-order valence-electron chi connectivity index (χ2n) is 5.98. The zero-order chi connectivity index (χ0) is 12.4. The van der Waals surface area contributed by atoms with Crippen LogP contribution in [0.15, 0.2) is 10.9 Å². The van der Waals surface area contributed by atoms with Crippen LogP contribution in [0, 0.1) is 5.92 Å². The normalized spacial score (nSPS) is 30.3. The minimum absolute atomic E-state index is 0.360. The lowest BCUT2D eigenvalue weighted by Crippen LogP contribution is -2.51. The topological polar surface area (TPSA) is 28.2 Å². The number of hydrogen-bond donors (Lipinski definition) is 1. The molecule has 0 aromatic carbocycles. The third kappa shape index (κ3) is 2.92. The first kappa shape index (κ1) is 12.6. The van der Waals surface area contributed by atoms with E-state index >= 15 is 0 Å². The summed E-state index contributed by atoms with van der Waals surface area (Å²) in [5, 5.41) is 5.96. The van der Waals surface area contributed by atoms with E-state index in [2.05, 4.69) is 27.5 Å². The molecule has 100 valence electrons. The molecule has 2 fully saturated rings. The van der Waals surface area contributed by atoms with Gasteiger partial charge >= 0.3 is 0 Å². The Morgan fingerprint density at radius 3 is 3.17 bits per heavy atom. The van der Waals surface area contributed by atoms with Crippen molar-refractivity contribution in [3.8, 4) is 0 Å². The van der Waals surface area contributed by atoms with Crippen molar-refractivity contribution in [2.24, 2.45) is 5.92 Å². The average Bonchev–Trinajstić information content (AvgIpc) is 3.12. The zero-order valence-corrected chi connectivity index (χ0v) is 12.0. The highest BCUT2D eigenvalue weighted by Gasteiger charge is 2.42. The van der Waals surface area contributed by atoms with Crippen molar-refractivity contribution in [3.63, 3.8) is 0 Å². The third-order valence-corrected chi connectivity index (χ3v) is 5.01. The summed E-state index contributed by atoms with van der Waals surface area (Å²) in [4.78, 5) is 7.02. The Labute approximate surface area is 114 Å². The molecule has 2 heterocycles. The van der Waals surface area contributed by atoms with Crippen molar-refractivity contribution in [2.75, 3.05) is 26.2 Å². The van der Waals surface area contributed by atoms with Crippen molar-refractivity contribution in [1.82, 2.24) is 15.2 Å². The highest BCUT2D eigenvalue weighted by Crippen LogP contribution is 2.40. The largest absolute Gasteiger partial charge is 0.310 e. The van der Waals surface area contributed by atoms with E-state index in [0.717, 1.165) is 18.9 Å². The van der Waals surface area contributed by atoms with Crippen LogP contribution in [0.1, 0.15) is 31.9 Å². The Kier molecular flexibility index (Phi) is 3.68.